The van der Waals surface area contributed by atoms with Crippen molar-refractivity contribution in [2.75, 3.05) is 11.1 Å². The van der Waals surface area contributed by atoms with Crippen LogP contribution in [0.3, 0.4) is 0 Å². The van der Waals surface area contributed by atoms with E-state index < -0.39 is 17.6 Å². The van der Waals surface area contributed by atoms with Crippen molar-refractivity contribution in [1.82, 2.24) is 0 Å². The number of hydrogen-bond donors (Lipinski definition) is 2. The molecule has 0 spiro atoms. The summed E-state index contributed by atoms with van der Waals surface area (Å²) < 4.78 is 51.4. The number of alkyl halides is 3. The van der Waals surface area contributed by atoms with E-state index in [4.69, 9.17) is 17.3 Å². The smallest absolute Gasteiger partial charge is 0.397 e. The van der Waals surface area contributed by atoms with Gasteiger partial charge in [0.2, 0.25) is 0 Å². The van der Waals surface area contributed by atoms with Gasteiger partial charge in [0.15, 0.2) is 0 Å². The minimum atomic E-state index is -4.48. The summed E-state index contributed by atoms with van der Waals surface area (Å²) in [6.07, 6.45) is -4.48. The van der Waals surface area contributed by atoms with Gasteiger partial charge >= 0.3 is 6.18 Å². The molecule has 0 aromatic heterocycles. The summed E-state index contributed by atoms with van der Waals surface area (Å²) in [6, 6.07) is 5.40. The minimum absolute atomic E-state index is 0.0456. The van der Waals surface area contributed by atoms with Crippen LogP contribution in [0.5, 0.6) is 0 Å². The zero-order chi connectivity index (χ0) is 15.8. The molecule has 0 atom stereocenters. The van der Waals surface area contributed by atoms with Crippen LogP contribution in [-0.2, 0) is 6.18 Å². The first kappa shape index (κ1) is 15.4. The second kappa shape index (κ2) is 5.44. The molecular weight excluding hydrogens is 308 g/mol. The Kier molecular flexibility index (Phi) is 4.00. The largest absolute Gasteiger partial charge is 0.416 e. The number of halogens is 5. The molecule has 112 valence electrons. The summed E-state index contributed by atoms with van der Waals surface area (Å²) in [7, 11) is 0. The molecule has 2 aromatic carbocycles. The Hall–Kier alpha value is -1.95. The Labute approximate surface area is 123 Å². The number of nitrogens with one attached hydrogen (secondary N) is 1. The van der Waals surface area contributed by atoms with Crippen molar-refractivity contribution in [1.29, 1.82) is 0 Å². The van der Waals surface area contributed by atoms with Gasteiger partial charge in [0.25, 0.3) is 0 Å². The quantitative estimate of drug-likeness (QED) is 0.595. The maximum atomic E-state index is 13.3. The molecule has 3 N–H and O–H groups in total. The molecule has 0 aliphatic carbocycles. The van der Waals surface area contributed by atoms with Crippen LogP contribution >= 0.6 is 11.6 Å². The topological polar surface area (TPSA) is 38.0 Å². The van der Waals surface area contributed by atoms with Crippen molar-refractivity contribution < 1.29 is 17.6 Å². The Morgan fingerprint density at radius 1 is 1.10 bits per heavy atom. The van der Waals surface area contributed by atoms with Crippen molar-refractivity contribution in [2.45, 2.75) is 13.1 Å². The minimum Gasteiger partial charge on any atom is -0.397 e. The molecule has 0 saturated carbocycles. The van der Waals surface area contributed by atoms with Crippen LogP contribution in [0.4, 0.5) is 34.6 Å². The summed E-state index contributed by atoms with van der Waals surface area (Å²) in [6.45, 7) is 1.52. The molecule has 0 unspecified atom stereocenters. The number of hydrogen-bond acceptors (Lipinski definition) is 2. The zero-order valence-electron chi connectivity index (χ0n) is 10.9. The van der Waals surface area contributed by atoms with E-state index in [1.807, 2.05) is 0 Å². The van der Waals surface area contributed by atoms with E-state index in [0.29, 0.717) is 5.56 Å². The number of nitrogen functional groups attached to an aromatic ring is 1. The summed E-state index contributed by atoms with van der Waals surface area (Å²) in [5.74, 6) is -0.492. The monoisotopic (exact) mass is 318 g/mol. The molecule has 0 fully saturated rings. The van der Waals surface area contributed by atoms with Crippen LogP contribution in [-0.4, -0.2) is 0 Å². The van der Waals surface area contributed by atoms with Crippen molar-refractivity contribution in [3.63, 3.8) is 0 Å². The van der Waals surface area contributed by atoms with E-state index in [0.717, 1.165) is 24.3 Å². The van der Waals surface area contributed by atoms with Gasteiger partial charge in [0.05, 0.1) is 27.6 Å². The van der Waals surface area contributed by atoms with Crippen LogP contribution < -0.4 is 11.1 Å². The molecule has 0 bridgehead atoms. The van der Waals surface area contributed by atoms with Gasteiger partial charge in [-0.3, -0.25) is 0 Å². The third kappa shape index (κ3) is 3.39. The Bertz CT molecular complexity index is 683. The Morgan fingerprint density at radius 2 is 1.76 bits per heavy atom. The van der Waals surface area contributed by atoms with Gasteiger partial charge in [-0.25, -0.2) is 4.39 Å². The summed E-state index contributed by atoms with van der Waals surface area (Å²) >= 11 is 5.87. The standard InChI is InChI=1S/C14H11ClF4N2/c1-7-4-13(11(20)6-10(7)16)21-12-5-8(14(17,18)19)2-3-9(12)15/h2-6,21H,20H2,1H3. The molecule has 0 amide bonds. The van der Waals surface area contributed by atoms with Crippen molar-refractivity contribution in [2.24, 2.45) is 0 Å². The number of rotatable bonds is 2. The highest BCUT2D eigenvalue weighted by Gasteiger charge is 2.31. The van der Waals surface area contributed by atoms with Gasteiger partial charge in [0, 0.05) is 0 Å². The average molecular weight is 319 g/mol. The lowest BCUT2D eigenvalue weighted by molar-refractivity contribution is -0.137. The molecule has 21 heavy (non-hydrogen) atoms. The lowest BCUT2D eigenvalue weighted by atomic mass is 10.1. The molecule has 0 saturated heterocycles. The van der Waals surface area contributed by atoms with Crippen LogP contribution in [0.2, 0.25) is 5.02 Å². The maximum absolute atomic E-state index is 13.3. The van der Waals surface area contributed by atoms with Crippen molar-refractivity contribution in [3.8, 4) is 0 Å². The normalized spacial score (nSPS) is 11.5. The van der Waals surface area contributed by atoms with Crippen LogP contribution in [0, 0.1) is 12.7 Å². The van der Waals surface area contributed by atoms with Crippen LogP contribution in [0.1, 0.15) is 11.1 Å². The lowest BCUT2D eigenvalue weighted by Gasteiger charge is -2.14. The second-order valence-corrected chi connectivity index (χ2v) is 4.91. The fourth-order valence-corrected chi connectivity index (χ4v) is 1.91. The van der Waals surface area contributed by atoms with E-state index in [2.05, 4.69) is 5.32 Å². The summed E-state index contributed by atoms with van der Waals surface area (Å²) in [5.41, 5.74) is 5.53. The second-order valence-electron chi connectivity index (χ2n) is 4.51. The highest BCUT2D eigenvalue weighted by atomic mass is 35.5. The number of anilines is 3. The van der Waals surface area contributed by atoms with E-state index >= 15 is 0 Å². The van der Waals surface area contributed by atoms with Gasteiger partial charge in [0.1, 0.15) is 5.82 Å². The SMILES string of the molecule is Cc1cc(Nc2cc(C(F)(F)F)ccc2Cl)c(N)cc1F. The van der Waals surface area contributed by atoms with Gasteiger partial charge in [-0.05, 0) is 42.8 Å². The lowest BCUT2D eigenvalue weighted by Crippen LogP contribution is -2.06. The van der Waals surface area contributed by atoms with Gasteiger partial charge in [-0.15, -0.1) is 0 Å². The van der Waals surface area contributed by atoms with E-state index in [-0.39, 0.29) is 22.1 Å². The van der Waals surface area contributed by atoms with E-state index in [1.54, 1.807) is 0 Å². The van der Waals surface area contributed by atoms with Crippen LogP contribution in [0.25, 0.3) is 0 Å². The molecule has 2 rings (SSSR count). The molecule has 0 aliphatic rings. The summed E-state index contributed by atoms with van der Waals surface area (Å²) in [4.78, 5) is 0. The van der Waals surface area contributed by atoms with Crippen LogP contribution in [0.15, 0.2) is 30.3 Å². The maximum Gasteiger partial charge on any atom is 0.416 e. The third-order valence-electron chi connectivity index (χ3n) is 2.89. The first-order chi connectivity index (χ1) is 9.68. The zero-order valence-corrected chi connectivity index (χ0v) is 11.6. The fraction of sp³-hybridized carbons (Fsp3) is 0.143. The fourth-order valence-electron chi connectivity index (χ4n) is 1.75. The molecule has 0 heterocycles. The molecule has 2 aromatic rings. The average Bonchev–Trinajstić information content (AvgIpc) is 2.37. The number of aryl methyl sites for hydroxylation is 1. The first-order valence-corrected chi connectivity index (χ1v) is 6.25. The summed E-state index contributed by atoms with van der Waals surface area (Å²) in [5, 5.41) is 2.80. The Morgan fingerprint density at radius 3 is 2.38 bits per heavy atom. The van der Waals surface area contributed by atoms with Gasteiger partial charge in [-0.2, -0.15) is 13.2 Å². The highest BCUT2D eigenvalue weighted by molar-refractivity contribution is 6.33. The predicted octanol–water partition coefficient (Wildman–Crippen LogP) is 5.13. The number of benzene rings is 2. The predicted molar refractivity (Wildman–Crippen MR) is 75.3 cm³/mol. The first-order valence-electron chi connectivity index (χ1n) is 5.88. The molecule has 0 radical (unpaired) electrons. The third-order valence-corrected chi connectivity index (χ3v) is 3.22. The van der Waals surface area contributed by atoms with Crippen molar-refractivity contribution in [3.05, 3.63) is 52.3 Å². The molecular formula is C14H11ClF4N2. The van der Waals surface area contributed by atoms with Gasteiger partial charge < -0.3 is 11.1 Å². The number of nitrogens with two attached hydrogens (primary N) is 1. The van der Waals surface area contributed by atoms with E-state index in [1.165, 1.54) is 13.0 Å². The van der Waals surface area contributed by atoms with Gasteiger partial charge in [-0.1, -0.05) is 11.6 Å². The molecule has 0 aliphatic heterocycles. The Balaban J connectivity index is 2.42. The van der Waals surface area contributed by atoms with Crippen molar-refractivity contribution >= 4 is 28.7 Å². The molecule has 7 heteroatoms. The van der Waals surface area contributed by atoms with E-state index in [9.17, 15) is 17.6 Å². The highest BCUT2D eigenvalue weighted by Crippen LogP contribution is 2.36. The molecule has 2 nitrogen and oxygen atoms in total.